The molecule has 3 rings (SSSR count). The minimum absolute atomic E-state index is 0.0526. The van der Waals surface area contributed by atoms with E-state index in [4.69, 9.17) is 4.74 Å². The van der Waals surface area contributed by atoms with E-state index in [2.05, 4.69) is 23.4 Å². The van der Waals surface area contributed by atoms with Gasteiger partial charge in [0.05, 0.1) is 0 Å². The summed E-state index contributed by atoms with van der Waals surface area (Å²) in [7, 11) is -1.91. The molecule has 0 aliphatic heterocycles. The van der Waals surface area contributed by atoms with E-state index < -0.39 is 10.0 Å². The Kier molecular flexibility index (Phi) is 7.25. The molecular formula is C26H30N2O4S. The maximum absolute atomic E-state index is 12.5. The number of ether oxygens (including phenoxy) is 1. The lowest BCUT2D eigenvalue weighted by atomic mass is 9.98. The molecule has 1 aromatic heterocycles. The van der Waals surface area contributed by atoms with E-state index in [1.165, 1.54) is 0 Å². The van der Waals surface area contributed by atoms with E-state index in [0.29, 0.717) is 17.7 Å². The maximum atomic E-state index is 12.5. The highest BCUT2D eigenvalue weighted by molar-refractivity contribution is 7.92. The van der Waals surface area contributed by atoms with Gasteiger partial charge in [-0.3, -0.25) is 4.79 Å². The third-order valence-electron chi connectivity index (χ3n) is 5.54. The summed E-state index contributed by atoms with van der Waals surface area (Å²) in [6, 6.07) is 11.5. The second kappa shape index (κ2) is 9.77. The van der Waals surface area contributed by atoms with Crippen molar-refractivity contribution in [2.75, 3.05) is 0 Å². The van der Waals surface area contributed by atoms with Crippen LogP contribution in [0.5, 0.6) is 11.5 Å². The molecule has 33 heavy (non-hydrogen) atoms. The molecule has 7 heteroatoms. The quantitative estimate of drug-likeness (QED) is 0.512. The average molecular weight is 467 g/mol. The number of benzene rings is 2. The molecule has 2 aromatic carbocycles. The summed E-state index contributed by atoms with van der Waals surface area (Å²) in [5.74, 6) is 1.34. The fourth-order valence-corrected chi connectivity index (χ4v) is 4.46. The van der Waals surface area contributed by atoms with Gasteiger partial charge >= 0.3 is 0 Å². The number of aromatic nitrogens is 1. The van der Waals surface area contributed by atoms with Crippen molar-refractivity contribution in [3.05, 3.63) is 92.8 Å². The van der Waals surface area contributed by atoms with Gasteiger partial charge in [0.2, 0.25) is 10.0 Å². The number of hydrogen-bond donors (Lipinski definition) is 1. The molecule has 0 bridgehead atoms. The molecule has 1 heterocycles. The number of nitrogens with zero attached hydrogens (tertiary/aromatic N) is 1. The van der Waals surface area contributed by atoms with E-state index in [1.807, 2.05) is 52.0 Å². The van der Waals surface area contributed by atoms with E-state index in [-0.39, 0.29) is 12.1 Å². The van der Waals surface area contributed by atoms with Gasteiger partial charge in [-0.15, -0.1) is 0 Å². The number of aryl methyl sites for hydroxylation is 5. The number of sulfonamides is 1. The smallest absolute Gasteiger partial charge is 0.253 e. The zero-order valence-corrected chi connectivity index (χ0v) is 20.5. The SMILES string of the molecule is C=CS(=O)(=O)NCc1cccc(Oc2c(C)cc(C)cc2C)c1-c1cc(CC)c(=O)n(C)c1. The molecule has 0 unspecified atom stereocenters. The molecule has 174 valence electrons. The Balaban J connectivity index is 2.22. The van der Waals surface area contributed by atoms with Gasteiger partial charge in [0.15, 0.2) is 0 Å². The van der Waals surface area contributed by atoms with Crippen molar-refractivity contribution in [1.82, 2.24) is 9.29 Å². The van der Waals surface area contributed by atoms with Crippen LogP contribution in [-0.2, 0) is 30.0 Å². The largest absolute Gasteiger partial charge is 0.456 e. The lowest BCUT2D eigenvalue weighted by Gasteiger charge is -2.19. The van der Waals surface area contributed by atoms with Crippen molar-refractivity contribution in [2.45, 2.75) is 40.7 Å². The molecular weight excluding hydrogens is 436 g/mol. The Morgan fingerprint density at radius 3 is 2.36 bits per heavy atom. The summed E-state index contributed by atoms with van der Waals surface area (Å²) in [4.78, 5) is 12.5. The molecule has 0 fully saturated rings. The highest BCUT2D eigenvalue weighted by Crippen LogP contribution is 2.38. The van der Waals surface area contributed by atoms with Crippen molar-refractivity contribution >= 4 is 10.0 Å². The Hall–Kier alpha value is -3.16. The number of pyridine rings is 1. The zero-order valence-electron chi connectivity index (χ0n) is 19.7. The van der Waals surface area contributed by atoms with Crippen LogP contribution in [0.15, 0.2) is 59.4 Å². The van der Waals surface area contributed by atoms with Crippen LogP contribution in [0.4, 0.5) is 0 Å². The second-order valence-corrected chi connectivity index (χ2v) is 9.89. The average Bonchev–Trinajstić information content (AvgIpc) is 2.76. The van der Waals surface area contributed by atoms with Crippen molar-refractivity contribution in [1.29, 1.82) is 0 Å². The van der Waals surface area contributed by atoms with Crippen LogP contribution < -0.4 is 15.0 Å². The Morgan fingerprint density at radius 1 is 1.09 bits per heavy atom. The van der Waals surface area contributed by atoms with Crippen LogP contribution in [0, 0.1) is 20.8 Å². The van der Waals surface area contributed by atoms with Crippen molar-refractivity contribution in [3.8, 4) is 22.6 Å². The van der Waals surface area contributed by atoms with Crippen LogP contribution in [0.3, 0.4) is 0 Å². The summed E-state index contributed by atoms with van der Waals surface area (Å²) in [5, 5.41) is 0.882. The van der Waals surface area contributed by atoms with Crippen LogP contribution >= 0.6 is 0 Å². The number of hydrogen-bond acceptors (Lipinski definition) is 4. The molecule has 0 aliphatic carbocycles. The Bertz CT molecular complexity index is 1350. The summed E-state index contributed by atoms with van der Waals surface area (Å²) in [5.41, 5.74) is 6.01. The minimum atomic E-state index is -3.62. The van der Waals surface area contributed by atoms with Gasteiger partial charge in [-0.25, -0.2) is 13.1 Å². The normalized spacial score (nSPS) is 11.4. The van der Waals surface area contributed by atoms with E-state index in [1.54, 1.807) is 17.8 Å². The molecule has 0 saturated carbocycles. The number of nitrogens with one attached hydrogen (secondary N) is 1. The Morgan fingerprint density at radius 2 is 1.76 bits per heavy atom. The monoisotopic (exact) mass is 466 g/mol. The van der Waals surface area contributed by atoms with Gasteiger partial charge in [0.25, 0.3) is 5.56 Å². The fourth-order valence-electron chi connectivity index (χ4n) is 3.98. The summed E-state index contributed by atoms with van der Waals surface area (Å²) in [6.45, 7) is 11.4. The third-order valence-corrected chi connectivity index (χ3v) is 6.53. The van der Waals surface area contributed by atoms with Crippen molar-refractivity contribution < 1.29 is 13.2 Å². The molecule has 0 atom stereocenters. The molecule has 0 aliphatic rings. The van der Waals surface area contributed by atoms with E-state index in [9.17, 15) is 13.2 Å². The van der Waals surface area contributed by atoms with Gasteiger partial charge in [0.1, 0.15) is 11.5 Å². The van der Waals surface area contributed by atoms with Crippen LogP contribution in [0.2, 0.25) is 0 Å². The lowest BCUT2D eigenvalue weighted by molar-refractivity contribution is 0.476. The molecule has 3 aromatic rings. The van der Waals surface area contributed by atoms with Gasteiger partial charge in [-0.05, 0) is 56.0 Å². The Labute approximate surface area is 195 Å². The van der Waals surface area contributed by atoms with Gasteiger partial charge < -0.3 is 9.30 Å². The maximum Gasteiger partial charge on any atom is 0.253 e. The molecule has 1 N–H and O–H groups in total. The van der Waals surface area contributed by atoms with Crippen molar-refractivity contribution in [3.63, 3.8) is 0 Å². The van der Waals surface area contributed by atoms with E-state index in [0.717, 1.165) is 44.5 Å². The summed E-state index contributed by atoms with van der Waals surface area (Å²) < 4.78 is 34.5. The van der Waals surface area contributed by atoms with Gasteiger partial charge in [-0.1, -0.05) is 43.3 Å². The molecule has 6 nitrogen and oxygen atoms in total. The summed E-state index contributed by atoms with van der Waals surface area (Å²) >= 11 is 0. The standard InChI is InChI=1S/C26H30N2O4S/c1-7-20-14-22(16-28(6)26(20)29)24-21(15-27-33(30,31)8-2)10-9-11-23(24)32-25-18(4)12-17(3)13-19(25)5/h8-14,16,27H,2,7,15H2,1,3-6H3. The predicted molar refractivity (Wildman–Crippen MR) is 133 cm³/mol. The van der Waals surface area contributed by atoms with Crippen molar-refractivity contribution in [2.24, 2.45) is 7.05 Å². The molecule has 0 spiro atoms. The first-order chi connectivity index (χ1) is 15.6. The van der Waals surface area contributed by atoms with Gasteiger partial charge in [0, 0.05) is 41.9 Å². The van der Waals surface area contributed by atoms with E-state index >= 15 is 0 Å². The lowest BCUT2D eigenvalue weighted by Crippen LogP contribution is -2.22. The highest BCUT2D eigenvalue weighted by atomic mass is 32.2. The molecule has 0 radical (unpaired) electrons. The highest BCUT2D eigenvalue weighted by Gasteiger charge is 2.18. The zero-order chi connectivity index (χ0) is 24.3. The minimum Gasteiger partial charge on any atom is -0.456 e. The van der Waals surface area contributed by atoms with Crippen LogP contribution in [0.25, 0.3) is 11.1 Å². The van der Waals surface area contributed by atoms with Gasteiger partial charge in [-0.2, -0.15) is 0 Å². The second-order valence-electron chi connectivity index (χ2n) is 8.18. The first-order valence-corrected chi connectivity index (χ1v) is 12.3. The van der Waals surface area contributed by atoms with Crippen LogP contribution in [0.1, 0.15) is 34.7 Å². The van der Waals surface area contributed by atoms with Crippen LogP contribution in [-0.4, -0.2) is 13.0 Å². The first kappa shape index (κ1) is 24.5. The fraction of sp³-hybridized carbons (Fsp3) is 0.269. The molecule has 0 saturated heterocycles. The predicted octanol–water partition coefficient (Wildman–Crippen LogP) is 4.90. The third kappa shape index (κ3) is 5.43. The first-order valence-electron chi connectivity index (χ1n) is 10.8. The summed E-state index contributed by atoms with van der Waals surface area (Å²) in [6.07, 6.45) is 2.34. The topological polar surface area (TPSA) is 77.4 Å². The number of rotatable bonds is 8. The molecule has 0 amide bonds.